The topological polar surface area (TPSA) is 0 Å². The summed E-state index contributed by atoms with van der Waals surface area (Å²) in [6.07, 6.45) is 5.48. The van der Waals surface area contributed by atoms with E-state index in [-0.39, 0.29) is 0 Å². The number of rotatable bonds is 7. The summed E-state index contributed by atoms with van der Waals surface area (Å²) in [6.45, 7) is 27.2. The first-order valence-corrected chi connectivity index (χ1v) is 9.97. The first kappa shape index (κ1) is 26.9. The summed E-state index contributed by atoms with van der Waals surface area (Å²) in [6, 6.07) is 0. The Bertz CT molecular complexity index is 170. The molecule has 0 unspecified atom stereocenters. The first-order valence-electron chi connectivity index (χ1n) is 9.97. The standard InChI is InChI=1S/C9H20.C7H16.C6H14/c1-5-9(6-2)7-8(3)4;1-6(2)5-7(3)4;1-5(2)6(3)4/h8-9H,5-7H2,1-4H3;6-7H,5H2,1-4H3;5-6H,1-4H3. The average Bonchev–Trinajstić information content (AvgIpc) is 2.35. The van der Waals surface area contributed by atoms with Crippen molar-refractivity contribution < 1.29 is 0 Å². The van der Waals surface area contributed by atoms with E-state index in [1.165, 1.54) is 25.7 Å². The molecule has 0 saturated heterocycles. The van der Waals surface area contributed by atoms with Gasteiger partial charge in [-0.2, -0.15) is 0 Å². The van der Waals surface area contributed by atoms with E-state index < -0.39 is 0 Å². The predicted molar refractivity (Wildman–Crippen MR) is 107 cm³/mol. The fourth-order valence-corrected chi connectivity index (χ4v) is 2.23. The van der Waals surface area contributed by atoms with Crippen LogP contribution in [0.3, 0.4) is 0 Å². The van der Waals surface area contributed by atoms with Crippen molar-refractivity contribution in [3.05, 3.63) is 0 Å². The molecule has 0 atom stereocenters. The van der Waals surface area contributed by atoms with Crippen molar-refractivity contribution in [2.24, 2.45) is 35.5 Å². The normalized spacial score (nSPS) is 11.2. The van der Waals surface area contributed by atoms with Gasteiger partial charge in [0.25, 0.3) is 0 Å². The van der Waals surface area contributed by atoms with Gasteiger partial charge in [0.05, 0.1) is 0 Å². The zero-order chi connectivity index (χ0) is 18.3. The molecule has 0 aromatic carbocycles. The molecule has 0 spiro atoms. The smallest absolute Gasteiger partial charge is 0.0417 e. The minimum absolute atomic E-state index is 0.852. The molecule has 0 aromatic rings. The highest BCUT2D eigenvalue weighted by Crippen LogP contribution is 2.17. The summed E-state index contributed by atoms with van der Waals surface area (Å²) in [5.41, 5.74) is 0. The van der Waals surface area contributed by atoms with E-state index >= 15 is 0 Å². The molecule has 0 amide bonds. The molecular formula is C22H50. The van der Waals surface area contributed by atoms with Gasteiger partial charge in [0.1, 0.15) is 0 Å². The lowest BCUT2D eigenvalue weighted by molar-refractivity contribution is 0.388. The van der Waals surface area contributed by atoms with Crippen LogP contribution in [0.4, 0.5) is 0 Å². The minimum atomic E-state index is 0.852. The second-order valence-corrected chi connectivity index (χ2v) is 8.82. The van der Waals surface area contributed by atoms with Crippen molar-refractivity contribution in [1.29, 1.82) is 0 Å². The largest absolute Gasteiger partial charge is 0.0651 e. The second kappa shape index (κ2) is 17.4. The predicted octanol–water partition coefficient (Wildman–Crippen LogP) is 8.46. The summed E-state index contributed by atoms with van der Waals surface area (Å²) in [7, 11) is 0. The lowest BCUT2D eigenvalue weighted by atomic mass is 9.93. The van der Waals surface area contributed by atoms with Crippen molar-refractivity contribution in [2.75, 3.05) is 0 Å². The third-order valence-corrected chi connectivity index (χ3v) is 4.24. The van der Waals surface area contributed by atoms with E-state index in [4.69, 9.17) is 0 Å². The van der Waals surface area contributed by atoms with Gasteiger partial charge in [-0.15, -0.1) is 0 Å². The van der Waals surface area contributed by atoms with E-state index in [1.807, 2.05) is 0 Å². The summed E-state index contributed by atoms with van der Waals surface area (Å²) in [4.78, 5) is 0. The molecule has 0 saturated carbocycles. The van der Waals surface area contributed by atoms with Gasteiger partial charge in [0.15, 0.2) is 0 Å². The molecular weight excluding hydrogens is 264 g/mol. The molecule has 0 heterocycles. The number of hydrogen-bond donors (Lipinski definition) is 0. The third kappa shape index (κ3) is 28.2. The zero-order valence-corrected chi connectivity index (χ0v) is 18.3. The van der Waals surface area contributed by atoms with Gasteiger partial charge in [-0.1, -0.05) is 95.9 Å². The van der Waals surface area contributed by atoms with Crippen molar-refractivity contribution >= 4 is 0 Å². The lowest BCUT2D eigenvalue weighted by Crippen LogP contribution is -2.00. The van der Waals surface area contributed by atoms with Gasteiger partial charge >= 0.3 is 0 Å². The van der Waals surface area contributed by atoms with E-state index in [1.54, 1.807) is 0 Å². The molecule has 0 aliphatic heterocycles. The summed E-state index contributed by atoms with van der Waals surface area (Å²) < 4.78 is 0. The van der Waals surface area contributed by atoms with Gasteiger partial charge in [-0.25, -0.2) is 0 Å². The molecule has 138 valence electrons. The van der Waals surface area contributed by atoms with Crippen LogP contribution >= 0.6 is 0 Å². The van der Waals surface area contributed by atoms with Crippen LogP contribution in [0.25, 0.3) is 0 Å². The molecule has 22 heavy (non-hydrogen) atoms. The highest BCUT2D eigenvalue weighted by molar-refractivity contribution is 4.56. The quantitative estimate of drug-likeness (QED) is 0.442. The zero-order valence-electron chi connectivity index (χ0n) is 18.3. The van der Waals surface area contributed by atoms with Gasteiger partial charge in [0.2, 0.25) is 0 Å². The molecule has 0 aliphatic rings. The Morgan fingerprint density at radius 2 is 0.727 bits per heavy atom. The average molecular weight is 315 g/mol. The van der Waals surface area contributed by atoms with E-state index in [0.29, 0.717) is 0 Å². The van der Waals surface area contributed by atoms with Crippen molar-refractivity contribution in [3.63, 3.8) is 0 Å². The Kier molecular flexibility index (Phi) is 21.2. The van der Waals surface area contributed by atoms with E-state index in [0.717, 1.165) is 35.5 Å². The van der Waals surface area contributed by atoms with Crippen molar-refractivity contribution in [1.82, 2.24) is 0 Å². The van der Waals surface area contributed by atoms with Crippen LogP contribution in [0, 0.1) is 35.5 Å². The SMILES string of the molecule is CC(C)C(C)C.CC(C)CC(C)C.CCC(CC)CC(C)C. The van der Waals surface area contributed by atoms with Crippen molar-refractivity contribution in [2.45, 2.75) is 109 Å². The second-order valence-electron chi connectivity index (χ2n) is 8.82. The van der Waals surface area contributed by atoms with Crippen LogP contribution in [-0.2, 0) is 0 Å². The number of hydrogen-bond acceptors (Lipinski definition) is 0. The molecule has 0 heteroatoms. The highest BCUT2D eigenvalue weighted by atomic mass is 14.1. The van der Waals surface area contributed by atoms with Crippen LogP contribution in [0.1, 0.15) is 109 Å². The molecule has 0 N–H and O–H groups in total. The fourth-order valence-electron chi connectivity index (χ4n) is 2.23. The van der Waals surface area contributed by atoms with Crippen LogP contribution in [0.2, 0.25) is 0 Å². The first-order chi connectivity index (χ1) is 9.97. The Morgan fingerprint density at radius 3 is 0.773 bits per heavy atom. The Hall–Kier alpha value is 0. The molecule has 0 rings (SSSR count). The maximum atomic E-state index is 2.30. The summed E-state index contributed by atoms with van der Waals surface area (Å²) in [5, 5.41) is 0. The van der Waals surface area contributed by atoms with Crippen LogP contribution < -0.4 is 0 Å². The van der Waals surface area contributed by atoms with Gasteiger partial charge in [0, 0.05) is 0 Å². The Labute approximate surface area is 144 Å². The monoisotopic (exact) mass is 314 g/mol. The van der Waals surface area contributed by atoms with Crippen molar-refractivity contribution in [3.8, 4) is 0 Å². The molecule has 0 aliphatic carbocycles. The van der Waals surface area contributed by atoms with Crippen LogP contribution in [-0.4, -0.2) is 0 Å². The van der Waals surface area contributed by atoms with E-state index in [2.05, 4.69) is 83.1 Å². The lowest BCUT2D eigenvalue weighted by Gasteiger charge is -2.13. The van der Waals surface area contributed by atoms with E-state index in [9.17, 15) is 0 Å². The molecule has 0 radical (unpaired) electrons. The fraction of sp³-hybridized carbons (Fsp3) is 1.00. The summed E-state index contributed by atoms with van der Waals surface area (Å²) in [5.74, 6) is 5.31. The van der Waals surface area contributed by atoms with Crippen LogP contribution in [0.5, 0.6) is 0 Å². The minimum Gasteiger partial charge on any atom is -0.0651 e. The Balaban J connectivity index is -0.000000252. The Morgan fingerprint density at radius 1 is 0.455 bits per heavy atom. The molecule has 0 fully saturated rings. The van der Waals surface area contributed by atoms with Gasteiger partial charge in [-0.3, -0.25) is 0 Å². The highest BCUT2D eigenvalue weighted by Gasteiger charge is 2.04. The van der Waals surface area contributed by atoms with Gasteiger partial charge in [-0.05, 0) is 48.3 Å². The third-order valence-electron chi connectivity index (χ3n) is 4.24. The van der Waals surface area contributed by atoms with Crippen LogP contribution in [0.15, 0.2) is 0 Å². The van der Waals surface area contributed by atoms with Gasteiger partial charge < -0.3 is 0 Å². The molecule has 0 nitrogen and oxygen atoms in total. The molecule has 0 aromatic heterocycles. The maximum Gasteiger partial charge on any atom is -0.0417 e. The summed E-state index contributed by atoms with van der Waals surface area (Å²) >= 11 is 0. The maximum absolute atomic E-state index is 2.30. The molecule has 0 bridgehead atoms.